The second kappa shape index (κ2) is 4.70. The molecule has 0 atom stereocenters. The van der Waals surface area contributed by atoms with E-state index in [1.807, 2.05) is 20.2 Å². The molecule has 0 heterocycles. The van der Waals surface area contributed by atoms with Gasteiger partial charge in [0, 0.05) is 24.8 Å². The lowest BCUT2D eigenvalue weighted by molar-refractivity contribution is 0.647. The van der Waals surface area contributed by atoms with Gasteiger partial charge in [-0.25, -0.2) is 0 Å². The molecule has 0 aliphatic heterocycles. The lowest BCUT2D eigenvalue weighted by Gasteiger charge is -2.14. The molecule has 1 rings (SSSR count). The van der Waals surface area contributed by atoms with E-state index in [2.05, 4.69) is 30.9 Å². The predicted octanol–water partition coefficient (Wildman–Crippen LogP) is 3.60. The van der Waals surface area contributed by atoms with Gasteiger partial charge < -0.3 is 4.90 Å². The second-order valence-electron chi connectivity index (χ2n) is 4.27. The fourth-order valence-electron chi connectivity index (χ4n) is 1.42. The van der Waals surface area contributed by atoms with Crippen LogP contribution in [0, 0.1) is 5.92 Å². The molecule has 0 saturated heterocycles. The summed E-state index contributed by atoms with van der Waals surface area (Å²) in [5, 5.41) is 0.880. The molecule has 0 radical (unpaired) electrons. The molecule has 0 amide bonds. The Morgan fingerprint density at radius 2 is 1.93 bits per heavy atom. The molecule has 1 aromatic rings. The number of rotatable bonds is 3. The van der Waals surface area contributed by atoms with Crippen LogP contribution in [0.15, 0.2) is 18.2 Å². The summed E-state index contributed by atoms with van der Waals surface area (Å²) in [4.78, 5) is 2.06. The van der Waals surface area contributed by atoms with E-state index in [-0.39, 0.29) is 0 Å². The van der Waals surface area contributed by atoms with Gasteiger partial charge in [-0.15, -0.1) is 0 Å². The minimum absolute atomic E-state index is 0.651. The van der Waals surface area contributed by atoms with Crippen molar-refractivity contribution in [2.45, 2.75) is 20.3 Å². The van der Waals surface area contributed by atoms with Crippen LogP contribution in [-0.2, 0) is 6.42 Å². The van der Waals surface area contributed by atoms with Crippen LogP contribution in [0.5, 0.6) is 0 Å². The molecular weight excluding hydrogens is 194 g/mol. The van der Waals surface area contributed by atoms with E-state index in [1.54, 1.807) is 0 Å². The molecule has 0 aliphatic carbocycles. The highest BCUT2D eigenvalue weighted by Crippen LogP contribution is 2.24. The summed E-state index contributed by atoms with van der Waals surface area (Å²) in [6, 6.07) is 6.26. The molecule has 1 nitrogen and oxygen atoms in total. The summed E-state index contributed by atoms with van der Waals surface area (Å²) >= 11 is 6.19. The lowest BCUT2D eigenvalue weighted by Crippen LogP contribution is -2.08. The molecule has 0 fully saturated rings. The van der Waals surface area contributed by atoms with E-state index in [9.17, 15) is 0 Å². The summed E-state index contributed by atoms with van der Waals surface area (Å²) in [5.74, 6) is 0.651. The topological polar surface area (TPSA) is 3.24 Å². The molecule has 0 unspecified atom stereocenters. The van der Waals surface area contributed by atoms with Gasteiger partial charge in [-0.05, 0) is 30.0 Å². The van der Waals surface area contributed by atoms with Crippen molar-refractivity contribution in [1.82, 2.24) is 0 Å². The lowest BCUT2D eigenvalue weighted by atomic mass is 10.0. The molecule has 78 valence electrons. The van der Waals surface area contributed by atoms with Crippen LogP contribution in [0.4, 0.5) is 5.69 Å². The average Bonchev–Trinajstić information content (AvgIpc) is 2.07. The quantitative estimate of drug-likeness (QED) is 0.739. The van der Waals surface area contributed by atoms with E-state index in [4.69, 9.17) is 11.6 Å². The van der Waals surface area contributed by atoms with E-state index in [0.29, 0.717) is 5.92 Å². The minimum Gasteiger partial charge on any atom is -0.378 e. The van der Waals surface area contributed by atoms with Crippen molar-refractivity contribution in [2.75, 3.05) is 19.0 Å². The highest BCUT2D eigenvalue weighted by Gasteiger charge is 2.04. The third-order valence-corrected chi connectivity index (χ3v) is 2.53. The maximum absolute atomic E-state index is 6.19. The number of hydrogen-bond donors (Lipinski definition) is 0. The molecule has 0 spiro atoms. The molecule has 14 heavy (non-hydrogen) atoms. The van der Waals surface area contributed by atoms with Gasteiger partial charge in [0.05, 0.1) is 0 Å². The fraction of sp³-hybridized carbons (Fsp3) is 0.500. The summed E-state index contributed by atoms with van der Waals surface area (Å²) in [6.07, 6.45) is 1.05. The number of halogens is 1. The van der Waals surface area contributed by atoms with Gasteiger partial charge in [-0.1, -0.05) is 31.5 Å². The van der Waals surface area contributed by atoms with Crippen molar-refractivity contribution in [2.24, 2.45) is 5.92 Å². The summed E-state index contributed by atoms with van der Waals surface area (Å²) < 4.78 is 0. The molecular formula is C12H18ClN. The zero-order valence-electron chi connectivity index (χ0n) is 9.34. The maximum atomic E-state index is 6.19. The normalized spacial score (nSPS) is 10.7. The standard InChI is InChI=1S/C12H18ClN/c1-9(2)7-10-5-6-11(14(3)4)8-12(10)13/h5-6,8-9H,7H2,1-4H3. The fourth-order valence-corrected chi connectivity index (χ4v) is 1.67. The van der Waals surface area contributed by atoms with Crippen LogP contribution in [0.2, 0.25) is 5.02 Å². The zero-order chi connectivity index (χ0) is 10.7. The second-order valence-corrected chi connectivity index (χ2v) is 4.68. The highest BCUT2D eigenvalue weighted by molar-refractivity contribution is 6.31. The number of anilines is 1. The van der Waals surface area contributed by atoms with Gasteiger partial charge in [-0.3, -0.25) is 0 Å². The van der Waals surface area contributed by atoms with E-state index in [1.165, 1.54) is 5.56 Å². The molecule has 0 aromatic heterocycles. The van der Waals surface area contributed by atoms with Gasteiger partial charge in [0.2, 0.25) is 0 Å². The highest BCUT2D eigenvalue weighted by atomic mass is 35.5. The zero-order valence-corrected chi connectivity index (χ0v) is 10.1. The molecule has 0 bridgehead atoms. The number of nitrogens with zero attached hydrogens (tertiary/aromatic N) is 1. The van der Waals surface area contributed by atoms with Crippen molar-refractivity contribution in [3.8, 4) is 0 Å². The van der Waals surface area contributed by atoms with Crippen LogP contribution in [-0.4, -0.2) is 14.1 Å². The van der Waals surface area contributed by atoms with Gasteiger partial charge in [0.15, 0.2) is 0 Å². The molecule has 0 N–H and O–H groups in total. The average molecular weight is 212 g/mol. The summed E-state index contributed by atoms with van der Waals surface area (Å²) in [6.45, 7) is 4.41. The molecule has 0 aliphatic rings. The Labute approximate surface area is 91.7 Å². The van der Waals surface area contributed by atoms with Crippen LogP contribution >= 0.6 is 11.6 Å². The monoisotopic (exact) mass is 211 g/mol. The Kier molecular flexibility index (Phi) is 3.82. The van der Waals surface area contributed by atoms with Gasteiger partial charge in [0.1, 0.15) is 0 Å². The Morgan fingerprint density at radius 1 is 1.29 bits per heavy atom. The predicted molar refractivity (Wildman–Crippen MR) is 64.3 cm³/mol. The van der Waals surface area contributed by atoms with Crippen LogP contribution in [0.3, 0.4) is 0 Å². The number of benzene rings is 1. The first kappa shape index (κ1) is 11.4. The molecule has 1 aromatic carbocycles. The smallest absolute Gasteiger partial charge is 0.0458 e. The first-order valence-corrected chi connectivity index (χ1v) is 5.34. The Hall–Kier alpha value is -0.690. The van der Waals surface area contributed by atoms with Crippen molar-refractivity contribution < 1.29 is 0 Å². The van der Waals surface area contributed by atoms with Gasteiger partial charge >= 0.3 is 0 Å². The third kappa shape index (κ3) is 2.91. The van der Waals surface area contributed by atoms with Crippen molar-refractivity contribution >= 4 is 17.3 Å². The Morgan fingerprint density at radius 3 is 2.36 bits per heavy atom. The largest absolute Gasteiger partial charge is 0.378 e. The molecule has 0 saturated carbocycles. The van der Waals surface area contributed by atoms with Crippen molar-refractivity contribution in [1.29, 1.82) is 0 Å². The Bertz CT molecular complexity index is 305. The Balaban J connectivity index is 2.90. The van der Waals surface area contributed by atoms with E-state index >= 15 is 0 Å². The van der Waals surface area contributed by atoms with Gasteiger partial charge in [0.25, 0.3) is 0 Å². The minimum atomic E-state index is 0.651. The van der Waals surface area contributed by atoms with Crippen LogP contribution in [0.1, 0.15) is 19.4 Å². The van der Waals surface area contributed by atoms with E-state index < -0.39 is 0 Å². The first-order valence-electron chi connectivity index (χ1n) is 4.96. The SMILES string of the molecule is CC(C)Cc1ccc(N(C)C)cc1Cl. The third-order valence-electron chi connectivity index (χ3n) is 2.18. The van der Waals surface area contributed by atoms with Crippen LogP contribution < -0.4 is 4.90 Å². The first-order chi connectivity index (χ1) is 6.50. The van der Waals surface area contributed by atoms with Crippen molar-refractivity contribution in [3.05, 3.63) is 28.8 Å². The summed E-state index contributed by atoms with van der Waals surface area (Å²) in [7, 11) is 4.04. The van der Waals surface area contributed by atoms with Crippen LogP contribution in [0.25, 0.3) is 0 Å². The number of hydrogen-bond acceptors (Lipinski definition) is 1. The van der Waals surface area contributed by atoms with E-state index in [0.717, 1.165) is 17.1 Å². The van der Waals surface area contributed by atoms with Gasteiger partial charge in [-0.2, -0.15) is 0 Å². The summed E-state index contributed by atoms with van der Waals surface area (Å²) in [5.41, 5.74) is 2.40. The molecule has 2 heteroatoms. The van der Waals surface area contributed by atoms with Crippen molar-refractivity contribution in [3.63, 3.8) is 0 Å². The maximum Gasteiger partial charge on any atom is 0.0458 e.